The summed E-state index contributed by atoms with van der Waals surface area (Å²) in [5.74, 6) is 1.68. The lowest BCUT2D eigenvalue weighted by Crippen LogP contribution is -2.38. The molecule has 2 aliphatic rings. The van der Waals surface area contributed by atoms with Crippen molar-refractivity contribution < 1.29 is 22.6 Å². The van der Waals surface area contributed by atoms with Crippen molar-refractivity contribution in [1.82, 2.24) is 14.8 Å². The molecule has 6 nitrogen and oxygen atoms in total. The number of hydrogen-bond acceptors (Lipinski definition) is 6. The highest BCUT2D eigenvalue weighted by atomic mass is 32.2. The van der Waals surface area contributed by atoms with E-state index in [1.165, 1.54) is 17.8 Å². The maximum atomic E-state index is 12.3. The molecule has 1 aromatic carbocycles. The van der Waals surface area contributed by atoms with Crippen molar-refractivity contribution in [2.75, 3.05) is 37.8 Å². The first kappa shape index (κ1) is 19.4. The molecule has 2 aromatic rings. The highest BCUT2D eigenvalue weighted by molar-refractivity contribution is 7.98. The molecular formula is C18H21F3N4O2S. The Morgan fingerprint density at radius 3 is 2.68 bits per heavy atom. The molecule has 0 atom stereocenters. The maximum absolute atomic E-state index is 12.3. The van der Waals surface area contributed by atoms with E-state index in [1.807, 2.05) is 6.07 Å². The molecule has 0 N–H and O–H groups in total. The van der Waals surface area contributed by atoms with E-state index in [1.54, 1.807) is 12.1 Å². The van der Waals surface area contributed by atoms with E-state index in [4.69, 9.17) is 9.47 Å². The van der Waals surface area contributed by atoms with E-state index in [0.29, 0.717) is 25.0 Å². The average Bonchev–Trinajstić information content (AvgIpc) is 3.44. The van der Waals surface area contributed by atoms with Gasteiger partial charge < -0.3 is 14.4 Å². The summed E-state index contributed by atoms with van der Waals surface area (Å²) in [5, 5.41) is 9.61. The molecule has 1 saturated carbocycles. The van der Waals surface area contributed by atoms with Crippen LogP contribution in [0.25, 0.3) is 0 Å². The zero-order valence-corrected chi connectivity index (χ0v) is 16.0. The standard InChI is InChI=1S/C18H21F3N4O2S/c19-18(20,21)12-27-15-3-1-2-13(10-15)11-28-17-23-22-16(25(17)14-4-5-14)24-6-8-26-9-7-24/h1-3,10,14H,4-9,11-12H2. The average molecular weight is 414 g/mol. The first-order valence-electron chi connectivity index (χ1n) is 9.18. The molecule has 1 saturated heterocycles. The third-order valence-electron chi connectivity index (χ3n) is 4.52. The SMILES string of the molecule is FC(F)(F)COc1cccc(CSc2nnc(N3CCOCC3)n2C2CC2)c1. The van der Waals surface area contributed by atoms with E-state index in [0.717, 1.165) is 42.6 Å². The molecule has 1 aliphatic carbocycles. The highest BCUT2D eigenvalue weighted by Crippen LogP contribution is 2.41. The van der Waals surface area contributed by atoms with Crippen molar-refractivity contribution in [3.05, 3.63) is 29.8 Å². The Morgan fingerprint density at radius 1 is 1.18 bits per heavy atom. The lowest BCUT2D eigenvalue weighted by Gasteiger charge is -2.27. The zero-order valence-electron chi connectivity index (χ0n) is 15.2. The molecule has 0 bridgehead atoms. The molecular weight excluding hydrogens is 393 g/mol. The van der Waals surface area contributed by atoms with Gasteiger partial charge in [0.2, 0.25) is 5.95 Å². The van der Waals surface area contributed by atoms with Gasteiger partial charge in [0.25, 0.3) is 0 Å². The molecule has 1 aromatic heterocycles. The van der Waals surface area contributed by atoms with E-state index in [2.05, 4.69) is 19.7 Å². The van der Waals surface area contributed by atoms with E-state index in [-0.39, 0.29) is 5.75 Å². The van der Waals surface area contributed by atoms with Gasteiger partial charge in [0.05, 0.1) is 13.2 Å². The van der Waals surface area contributed by atoms with Gasteiger partial charge in [-0.05, 0) is 30.5 Å². The summed E-state index contributed by atoms with van der Waals surface area (Å²) >= 11 is 1.54. The lowest BCUT2D eigenvalue weighted by atomic mass is 10.2. The molecule has 1 aliphatic heterocycles. The smallest absolute Gasteiger partial charge is 0.422 e. The summed E-state index contributed by atoms with van der Waals surface area (Å²) in [6.07, 6.45) is -2.12. The van der Waals surface area contributed by atoms with Gasteiger partial charge in [-0.3, -0.25) is 4.57 Å². The van der Waals surface area contributed by atoms with Crippen LogP contribution in [-0.4, -0.2) is 53.9 Å². The van der Waals surface area contributed by atoms with Crippen LogP contribution in [-0.2, 0) is 10.5 Å². The summed E-state index contributed by atoms with van der Waals surface area (Å²) in [7, 11) is 0. The fourth-order valence-electron chi connectivity index (χ4n) is 3.04. The minimum atomic E-state index is -4.35. The Labute approximate surface area is 165 Å². The molecule has 152 valence electrons. The molecule has 0 amide bonds. The molecule has 0 radical (unpaired) electrons. The van der Waals surface area contributed by atoms with E-state index in [9.17, 15) is 13.2 Å². The van der Waals surface area contributed by atoms with Crippen molar-refractivity contribution in [2.24, 2.45) is 0 Å². The van der Waals surface area contributed by atoms with Crippen LogP contribution in [0.1, 0.15) is 24.4 Å². The summed E-state index contributed by atoms with van der Waals surface area (Å²) < 4.78 is 49.4. The number of aromatic nitrogens is 3. The number of hydrogen-bond donors (Lipinski definition) is 0. The quantitative estimate of drug-likeness (QED) is 0.645. The van der Waals surface area contributed by atoms with Crippen LogP contribution in [0.4, 0.5) is 19.1 Å². The molecule has 0 unspecified atom stereocenters. The number of thioether (sulfide) groups is 1. The first-order valence-corrected chi connectivity index (χ1v) is 10.2. The Balaban J connectivity index is 1.43. The van der Waals surface area contributed by atoms with Crippen molar-refractivity contribution >= 4 is 17.7 Å². The van der Waals surface area contributed by atoms with Crippen molar-refractivity contribution in [3.8, 4) is 5.75 Å². The van der Waals surface area contributed by atoms with Gasteiger partial charge in [-0.25, -0.2) is 0 Å². The van der Waals surface area contributed by atoms with Crippen LogP contribution >= 0.6 is 11.8 Å². The second-order valence-corrected chi connectivity index (χ2v) is 7.77. The Hall–Kier alpha value is -1.94. The Kier molecular flexibility index (Phi) is 5.68. The van der Waals surface area contributed by atoms with Crippen molar-refractivity contribution in [3.63, 3.8) is 0 Å². The normalized spacial score (nSPS) is 17.8. The van der Waals surface area contributed by atoms with Crippen molar-refractivity contribution in [2.45, 2.75) is 36.0 Å². The second kappa shape index (κ2) is 8.20. The summed E-state index contributed by atoms with van der Waals surface area (Å²) in [6, 6.07) is 7.17. The molecule has 4 rings (SSSR count). The Morgan fingerprint density at radius 2 is 1.96 bits per heavy atom. The predicted molar refractivity (Wildman–Crippen MR) is 98.9 cm³/mol. The lowest BCUT2D eigenvalue weighted by molar-refractivity contribution is -0.153. The number of halogens is 3. The topological polar surface area (TPSA) is 52.4 Å². The summed E-state index contributed by atoms with van der Waals surface area (Å²) in [5.41, 5.74) is 0.878. The molecule has 2 fully saturated rings. The minimum absolute atomic E-state index is 0.216. The fraction of sp³-hybridized carbons (Fsp3) is 0.556. The number of alkyl halides is 3. The summed E-state index contributed by atoms with van der Waals surface area (Å²) in [4.78, 5) is 2.20. The van der Waals surface area contributed by atoms with Crippen LogP contribution in [0.3, 0.4) is 0 Å². The largest absolute Gasteiger partial charge is 0.484 e. The van der Waals surface area contributed by atoms with E-state index >= 15 is 0 Å². The van der Waals surface area contributed by atoms with Crippen LogP contribution in [0.2, 0.25) is 0 Å². The second-order valence-electron chi connectivity index (χ2n) is 6.82. The number of rotatable bonds is 7. The first-order chi connectivity index (χ1) is 13.5. The number of nitrogens with zero attached hydrogens (tertiary/aromatic N) is 4. The fourth-order valence-corrected chi connectivity index (χ4v) is 3.98. The van der Waals surface area contributed by atoms with Gasteiger partial charge in [0.1, 0.15) is 5.75 Å². The van der Waals surface area contributed by atoms with Crippen LogP contribution in [0.15, 0.2) is 29.4 Å². The van der Waals surface area contributed by atoms with E-state index < -0.39 is 12.8 Å². The summed E-state index contributed by atoms with van der Waals surface area (Å²) in [6.45, 7) is 1.68. The molecule has 0 spiro atoms. The number of morpholine rings is 1. The molecule has 10 heteroatoms. The van der Waals surface area contributed by atoms with Gasteiger partial charge in [-0.2, -0.15) is 13.2 Å². The third-order valence-corrected chi connectivity index (χ3v) is 5.54. The Bertz CT molecular complexity index is 804. The van der Waals surface area contributed by atoms with Gasteiger partial charge in [-0.1, -0.05) is 23.9 Å². The van der Waals surface area contributed by atoms with Crippen LogP contribution in [0, 0.1) is 0 Å². The zero-order chi connectivity index (χ0) is 19.6. The monoisotopic (exact) mass is 414 g/mol. The molecule has 28 heavy (non-hydrogen) atoms. The van der Waals surface area contributed by atoms with Gasteiger partial charge >= 0.3 is 6.18 Å². The number of ether oxygens (including phenoxy) is 2. The minimum Gasteiger partial charge on any atom is -0.484 e. The predicted octanol–water partition coefficient (Wildman–Crippen LogP) is 3.68. The van der Waals surface area contributed by atoms with Crippen molar-refractivity contribution in [1.29, 1.82) is 0 Å². The van der Waals surface area contributed by atoms with Crippen LogP contribution in [0.5, 0.6) is 5.75 Å². The highest BCUT2D eigenvalue weighted by Gasteiger charge is 2.32. The molecule has 2 heterocycles. The number of anilines is 1. The van der Waals surface area contributed by atoms with Gasteiger partial charge in [-0.15, -0.1) is 10.2 Å². The van der Waals surface area contributed by atoms with Gasteiger partial charge in [0.15, 0.2) is 11.8 Å². The van der Waals surface area contributed by atoms with Crippen LogP contribution < -0.4 is 9.64 Å². The maximum Gasteiger partial charge on any atom is 0.422 e. The van der Waals surface area contributed by atoms with Gasteiger partial charge in [0, 0.05) is 24.9 Å². The third kappa shape index (κ3) is 4.91. The number of benzene rings is 1.